The molecule has 1 heterocycles. The van der Waals surface area contributed by atoms with Crippen molar-refractivity contribution < 1.29 is 9.47 Å². The fourth-order valence-electron chi connectivity index (χ4n) is 1.89. The van der Waals surface area contributed by atoms with Gasteiger partial charge in [-0.15, -0.1) is 0 Å². The highest BCUT2D eigenvalue weighted by Gasteiger charge is 2.14. The zero-order chi connectivity index (χ0) is 11.6. The summed E-state index contributed by atoms with van der Waals surface area (Å²) in [4.78, 5) is 0. The molecule has 0 radical (unpaired) electrons. The number of hydrogen-bond donors (Lipinski definition) is 1. The van der Waals surface area contributed by atoms with E-state index in [1.165, 1.54) is 24.3 Å². The molecule has 0 aliphatic carbocycles. The number of rotatable bonds is 8. The first-order valence-corrected chi connectivity index (χ1v) is 7.56. The van der Waals surface area contributed by atoms with Gasteiger partial charge in [-0.05, 0) is 38.2 Å². The highest BCUT2D eigenvalue weighted by molar-refractivity contribution is 7.99. The van der Waals surface area contributed by atoms with Crippen molar-refractivity contribution in [1.29, 1.82) is 0 Å². The second-order valence-corrected chi connectivity index (χ2v) is 5.19. The molecule has 1 N–H and O–H groups in total. The van der Waals surface area contributed by atoms with E-state index in [0.29, 0.717) is 6.04 Å². The fourth-order valence-corrected chi connectivity index (χ4v) is 3.00. The Hall–Kier alpha value is 0.230. The maximum Gasteiger partial charge on any atom is 0.158 e. The molecule has 0 amide bonds. The van der Waals surface area contributed by atoms with Crippen LogP contribution in [-0.4, -0.2) is 43.6 Å². The van der Waals surface area contributed by atoms with Crippen LogP contribution in [0.25, 0.3) is 0 Å². The number of ether oxygens (including phenoxy) is 2. The minimum absolute atomic E-state index is 0.0273. The zero-order valence-corrected chi connectivity index (χ0v) is 11.4. The summed E-state index contributed by atoms with van der Waals surface area (Å²) < 4.78 is 11.0. The maximum absolute atomic E-state index is 5.51. The molecule has 1 saturated heterocycles. The Bertz CT molecular complexity index is 157. The maximum atomic E-state index is 5.51. The van der Waals surface area contributed by atoms with Gasteiger partial charge in [0.05, 0.1) is 0 Å². The van der Waals surface area contributed by atoms with Gasteiger partial charge in [-0.2, -0.15) is 11.8 Å². The molecule has 1 aliphatic heterocycles. The molecule has 0 unspecified atom stereocenters. The zero-order valence-electron chi connectivity index (χ0n) is 10.5. The molecule has 16 heavy (non-hydrogen) atoms. The molecule has 0 bridgehead atoms. The largest absolute Gasteiger partial charge is 0.353 e. The Kier molecular flexibility index (Phi) is 8.29. The smallest absolute Gasteiger partial charge is 0.158 e. The number of nitrogens with one attached hydrogen (secondary N) is 1. The molecule has 3 nitrogen and oxygen atoms in total. The van der Waals surface area contributed by atoms with E-state index in [9.17, 15) is 0 Å². The molecule has 0 saturated carbocycles. The van der Waals surface area contributed by atoms with Gasteiger partial charge in [-0.3, -0.25) is 0 Å². The summed E-state index contributed by atoms with van der Waals surface area (Å²) in [5, 5.41) is 3.60. The SMILES string of the molecule is CCOC(CCNC1CCSCC1)OCC. The highest BCUT2D eigenvalue weighted by atomic mass is 32.2. The first kappa shape index (κ1) is 14.3. The summed E-state index contributed by atoms with van der Waals surface area (Å²) in [5.74, 6) is 2.61. The summed E-state index contributed by atoms with van der Waals surface area (Å²) in [6.45, 7) is 6.48. The van der Waals surface area contributed by atoms with Crippen molar-refractivity contribution in [1.82, 2.24) is 5.32 Å². The summed E-state index contributed by atoms with van der Waals surface area (Å²) >= 11 is 2.07. The van der Waals surface area contributed by atoms with Crippen LogP contribution in [0.5, 0.6) is 0 Å². The molecule has 0 aromatic heterocycles. The van der Waals surface area contributed by atoms with Gasteiger partial charge in [0.2, 0.25) is 0 Å². The average Bonchev–Trinajstić information content (AvgIpc) is 2.31. The Morgan fingerprint density at radius 1 is 1.19 bits per heavy atom. The van der Waals surface area contributed by atoms with Gasteiger partial charge in [0, 0.05) is 32.2 Å². The van der Waals surface area contributed by atoms with Gasteiger partial charge >= 0.3 is 0 Å². The summed E-state index contributed by atoms with van der Waals surface area (Å²) in [7, 11) is 0. The molecular formula is C12H25NO2S. The van der Waals surface area contributed by atoms with Crippen molar-refractivity contribution >= 4 is 11.8 Å². The normalized spacial score (nSPS) is 18.2. The van der Waals surface area contributed by atoms with Gasteiger partial charge in [-0.1, -0.05) is 0 Å². The van der Waals surface area contributed by atoms with Gasteiger partial charge in [0.25, 0.3) is 0 Å². The third-order valence-electron chi connectivity index (χ3n) is 2.74. The van der Waals surface area contributed by atoms with Crippen molar-refractivity contribution in [3.05, 3.63) is 0 Å². The molecule has 0 aromatic carbocycles. The second-order valence-electron chi connectivity index (χ2n) is 3.97. The Morgan fingerprint density at radius 3 is 2.38 bits per heavy atom. The topological polar surface area (TPSA) is 30.5 Å². The molecule has 4 heteroatoms. The summed E-state index contributed by atoms with van der Waals surface area (Å²) in [6, 6.07) is 0.713. The van der Waals surface area contributed by atoms with Crippen molar-refractivity contribution in [2.24, 2.45) is 0 Å². The van der Waals surface area contributed by atoms with E-state index < -0.39 is 0 Å². The lowest BCUT2D eigenvalue weighted by Crippen LogP contribution is -2.35. The van der Waals surface area contributed by atoms with E-state index in [0.717, 1.165) is 26.2 Å². The predicted octanol–water partition coefficient (Wildman–Crippen LogP) is 2.26. The lowest BCUT2D eigenvalue weighted by atomic mass is 10.1. The quantitative estimate of drug-likeness (QED) is 0.667. The highest BCUT2D eigenvalue weighted by Crippen LogP contribution is 2.16. The second kappa shape index (κ2) is 9.28. The van der Waals surface area contributed by atoms with Crippen LogP contribution in [-0.2, 0) is 9.47 Å². The summed E-state index contributed by atoms with van der Waals surface area (Å²) in [5.41, 5.74) is 0. The van der Waals surface area contributed by atoms with Gasteiger partial charge < -0.3 is 14.8 Å². The van der Waals surface area contributed by atoms with E-state index in [1.807, 2.05) is 13.8 Å². The minimum Gasteiger partial charge on any atom is -0.353 e. The molecule has 0 aromatic rings. The van der Waals surface area contributed by atoms with E-state index in [1.54, 1.807) is 0 Å². The van der Waals surface area contributed by atoms with Crippen LogP contribution in [0.2, 0.25) is 0 Å². The number of thioether (sulfide) groups is 1. The first-order valence-electron chi connectivity index (χ1n) is 6.41. The van der Waals surface area contributed by atoms with E-state index in [2.05, 4.69) is 17.1 Å². The van der Waals surface area contributed by atoms with Crippen molar-refractivity contribution in [2.75, 3.05) is 31.3 Å². The van der Waals surface area contributed by atoms with Gasteiger partial charge in [-0.25, -0.2) is 0 Å². The van der Waals surface area contributed by atoms with Crippen LogP contribution in [0, 0.1) is 0 Å². The lowest BCUT2D eigenvalue weighted by molar-refractivity contribution is -0.138. The lowest BCUT2D eigenvalue weighted by Gasteiger charge is -2.24. The standard InChI is InChI=1S/C12H25NO2S/c1-3-14-12(15-4-2)5-8-13-11-6-9-16-10-7-11/h11-13H,3-10H2,1-2H3. The fraction of sp³-hybridized carbons (Fsp3) is 1.00. The molecular weight excluding hydrogens is 222 g/mol. The molecule has 0 atom stereocenters. The third kappa shape index (κ3) is 6.09. The predicted molar refractivity (Wildman–Crippen MR) is 70.0 cm³/mol. The molecule has 96 valence electrons. The Labute approximate surface area is 104 Å². The minimum atomic E-state index is -0.0273. The van der Waals surface area contributed by atoms with Crippen LogP contribution in [0.15, 0.2) is 0 Å². The van der Waals surface area contributed by atoms with Crippen LogP contribution in [0.1, 0.15) is 33.1 Å². The monoisotopic (exact) mass is 247 g/mol. The summed E-state index contributed by atoms with van der Waals surface area (Å²) in [6.07, 6.45) is 3.53. The number of hydrogen-bond acceptors (Lipinski definition) is 4. The van der Waals surface area contributed by atoms with Crippen molar-refractivity contribution in [3.63, 3.8) is 0 Å². The average molecular weight is 247 g/mol. The van der Waals surface area contributed by atoms with Crippen molar-refractivity contribution in [3.8, 4) is 0 Å². The van der Waals surface area contributed by atoms with Crippen LogP contribution >= 0.6 is 11.8 Å². The molecule has 1 rings (SSSR count). The van der Waals surface area contributed by atoms with E-state index >= 15 is 0 Å². The van der Waals surface area contributed by atoms with Crippen LogP contribution in [0.4, 0.5) is 0 Å². The molecule has 1 fully saturated rings. The molecule has 1 aliphatic rings. The molecule has 0 spiro atoms. The van der Waals surface area contributed by atoms with Crippen LogP contribution in [0.3, 0.4) is 0 Å². The Balaban J connectivity index is 2.06. The van der Waals surface area contributed by atoms with E-state index in [-0.39, 0.29) is 6.29 Å². The van der Waals surface area contributed by atoms with Crippen LogP contribution < -0.4 is 5.32 Å². The first-order chi connectivity index (χ1) is 7.86. The van der Waals surface area contributed by atoms with Gasteiger partial charge in [0.15, 0.2) is 6.29 Å². The van der Waals surface area contributed by atoms with E-state index in [4.69, 9.17) is 9.47 Å². The third-order valence-corrected chi connectivity index (χ3v) is 3.79. The van der Waals surface area contributed by atoms with Crippen molar-refractivity contribution in [2.45, 2.75) is 45.4 Å². The Morgan fingerprint density at radius 2 is 1.81 bits per heavy atom. The van der Waals surface area contributed by atoms with Gasteiger partial charge in [0.1, 0.15) is 0 Å².